The number of pyridine rings is 1. The zero-order valence-electron chi connectivity index (χ0n) is 11.0. The zero-order chi connectivity index (χ0) is 14.2. The molecule has 3 heterocycles. The Hall–Kier alpha value is -2.71. The van der Waals surface area contributed by atoms with Crippen LogP contribution in [0.4, 0.5) is 0 Å². The molecule has 0 aliphatic heterocycles. The van der Waals surface area contributed by atoms with E-state index in [0.29, 0.717) is 5.65 Å². The van der Waals surface area contributed by atoms with Crippen LogP contribution >= 0.6 is 11.3 Å². The summed E-state index contributed by atoms with van der Waals surface area (Å²) in [6.45, 7) is 0. The van der Waals surface area contributed by atoms with Crippen molar-refractivity contribution in [3.63, 3.8) is 0 Å². The van der Waals surface area contributed by atoms with Gasteiger partial charge in [-0.25, -0.2) is 15.0 Å². The normalized spacial score (nSPS) is 11.0. The van der Waals surface area contributed by atoms with Crippen molar-refractivity contribution in [3.8, 4) is 12.3 Å². The van der Waals surface area contributed by atoms with Crippen LogP contribution in [0.3, 0.4) is 0 Å². The van der Waals surface area contributed by atoms with E-state index in [-0.39, 0.29) is 0 Å². The third kappa shape index (κ3) is 2.16. The largest absolute Gasteiger partial charge is 0.340 e. The maximum Gasteiger partial charge on any atom is 0.177 e. The molecular weight excluding hydrogens is 280 g/mol. The molecule has 0 atom stereocenters. The van der Waals surface area contributed by atoms with Crippen LogP contribution in [0.1, 0.15) is 17.0 Å². The predicted molar refractivity (Wildman–Crippen MR) is 84.2 cm³/mol. The van der Waals surface area contributed by atoms with Crippen molar-refractivity contribution >= 4 is 32.7 Å². The number of imidazole rings is 1. The second kappa shape index (κ2) is 4.69. The number of aromatic nitrogens is 4. The molecule has 4 rings (SSSR count). The lowest BCUT2D eigenvalue weighted by Crippen LogP contribution is -1.90. The summed E-state index contributed by atoms with van der Waals surface area (Å²) in [5, 5.41) is 0. The number of terminal acetylenes is 1. The van der Waals surface area contributed by atoms with E-state index >= 15 is 0 Å². The summed E-state index contributed by atoms with van der Waals surface area (Å²) in [5.41, 5.74) is 6.42. The minimum atomic E-state index is 0.697. The van der Waals surface area contributed by atoms with Gasteiger partial charge in [0.15, 0.2) is 5.65 Å². The van der Waals surface area contributed by atoms with E-state index in [1.807, 2.05) is 17.6 Å². The summed E-state index contributed by atoms with van der Waals surface area (Å²) in [6.07, 6.45) is 7.78. The Bertz CT molecular complexity index is 990. The molecule has 0 spiro atoms. The lowest BCUT2D eigenvalue weighted by Gasteiger charge is -1.97. The maximum absolute atomic E-state index is 5.38. The van der Waals surface area contributed by atoms with Crippen molar-refractivity contribution in [1.29, 1.82) is 0 Å². The Labute approximate surface area is 124 Å². The maximum atomic E-state index is 5.38. The zero-order valence-corrected chi connectivity index (χ0v) is 11.8. The number of nitrogens with one attached hydrogen (secondary N) is 1. The number of aromatic amines is 1. The van der Waals surface area contributed by atoms with Crippen molar-refractivity contribution in [2.45, 2.75) is 6.42 Å². The molecule has 0 amide bonds. The fourth-order valence-corrected chi connectivity index (χ4v) is 3.06. The Morgan fingerprint density at radius 1 is 1.24 bits per heavy atom. The number of H-pyrrole nitrogens is 1. The molecule has 4 nitrogen and oxygen atoms in total. The summed E-state index contributed by atoms with van der Waals surface area (Å²) in [7, 11) is 0. The molecule has 0 saturated carbocycles. The van der Waals surface area contributed by atoms with Crippen molar-refractivity contribution in [2.75, 3.05) is 0 Å². The highest BCUT2D eigenvalue weighted by molar-refractivity contribution is 7.16. The van der Waals surface area contributed by atoms with Gasteiger partial charge in [-0.2, -0.15) is 0 Å². The van der Waals surface area contributed by atoms with E-state index in [0.717, 1.165) is 28.8 Å². The Morgan fingerprint density at radius 2 is 2.19 bits per heavy atom. The van der Waals surface area contributed by atoms with Crippen LogP contribution in [0.5, 0.6) is 0 Å². The summed E-state index contributed by atoms with van der Waals surface area (Å²) >= 11 is 1.65. The third-order valence-electron chi connectivity index (χ3n) is 3.32. The van der Waals surface area contributed by atoms with Crippen LogP contribution in [-0.2, 0) is 6.42 Å². The van der Waals surface area contributed by atoms with Crippen LogP contribution < -0.4 is 0 Å². The first-order valence-corrected chi connectivity index (χ1v) is 7.33. The van der Waals surface area contributed by atoms with Crippen molar-refractivity contribution in [3.05, 3.63) is 52.9 Å². The summed E-state index contributed by atoms with van der Waals surface area (Å²) < 4.78 is 1.19. The average molecular weight is 290 g/mol. The molecule has 0 aliphatic rings. The predicted octanol–water partition coefficient (Wildman–Crippen LogP) is 3.14. The summed E-state index contributed by atoms with van der Waals surface area (Å²) in [5.74, 6) is 3.46. The molecule has 100 valence electrons. The molecule has 5 heteroatoms. The molecule has 0 radical (unpaired) electrons. The first kappa shape index (κ1) is 12.1. The molecule has 1 aromatic carbocycles. The van der Waals surface area contributed by atoms with Crippen LogP contribution in [0.2, 0.25) is 0 Å². The van der Waals surface area contributed by atoms with Crippen molar-refractivity contribution in [2.24, 2.45) is 0 Å². The first-order chi connectivity index (χ1) is 10.3. The Kier molecular flexibility index (Phi) is 2.69. The summed E-state index contributed by atoms with van der Waals surface area (Å²) in [6, 6.07) is 8.17. The first-order valence-electron chi connectivity index (χ1n) is 6.45. The van der Waals surface area contributed by atoms with Gasteiger partial charge >= 0.3 is 0 Å². The fraction of sp³-hybridized carbons (Fsp3) is 0.0625. The average Bonchev–Trinajstić information content (AvgIpc) is 3.11. The van der Waals surface area contributed by atoms with Crippen LogP contribution in [-0.4, -0.2) is 19.9 Å². The number of benzene rings is 1. The van der Waals surface area contributed by atoms with E-state index in [1.165, 1.54) is 10.3 Å². The number of hydrogen-bond acceptors (Lipinski definition) is 4. The molecule has 0 unspecified atom stereocenters. The van der Waals surface area contributed by atoms with Gasteiger partial charge < -0.3 is 4.98 Å². The smallest absolute Gasteiger partial charge is 0.177 e. The Morgan fingerprint density at radius 3 is 3.10 bits per heavy atom. The van der Waals surface area contributed by atoms with Gasteiger partial charge in [-0.3, -0.25) is 0 Å². The topological polar surface area (TPSA) is 54.5 Å². The molecule has 3 aromatic heterocycles. The highest BCUT2D eigenvalue weighted by Crippen LogP contribution is 2.21. The van der Waals surface area contributed by atoms with Crippen LogP contribution in [0, 0.1) is 12.3 Å². The highest BCUT2D eigenvalue weighted by atomic mass is 32.1. The quantitative estimate of drug-likeness (QED) is 0.577. The molecule has 4 aromatic rings. The fourth-order valence-electron chi connectivity index (χ4n) is 2.32. The third-order valence-corrected chi connectivity index (χ3v) is 4.11. The van der Waals surface area contributed by atoms with Gasteiger partial charge in [-0.1, -0.05) is 12.0 Å². The molecule has 1 N–H and O–H groups in total. The monoisotopic (exact) mass is 290 g/mol. The van der Waals surface area contributed by atoms with Gasteiger partial charge in [0, 0.05) is 18.2 Å². The van der Waals surface area contributed by atoms with E-state index in [4.69, 9.17) is 6.42 Å². The summed E-state index contributed by atoms with van der Waals surface area (Å²) in [4.78, 5) is 16.3. The standard InChI is InChI=1S/C16H10N4S/c1-2-10-5-13-16(17-8-10)20-15(19-13)7-11-3-4-12-14(6-11)21-9-18-12/h1,3-6,8-9H,7H2,(H,17,19,20). The van der Waals surface area contributed by atoms with Crippen molar-refractivity contribution in [1.82, 2.24) is 19.9 Å². The van der Waals surface area contributed by atoms with E-state index in [1.54, 1.807) is 17.5 Å². The van der Waals surface area contributed by atoms with Gasteiger partial charge in [0.25, 0.3) is 0 Å². The van der Waals surface area contributed by atoms with E-state index in [2.05, 4.69) is 38.0 Å². The van der Waals surface area contributed by atoms with Gasteiger partial charge in [-0.05, 0) is 23.8 Å². The molecule has 21 heavy (non-hydrogen) atoms. The van der Waals surface area contributed by atoms with E-state index < -0.39 is 0 Å². The number of hydrogen-bond donors (Lipinski definition) is 1. The number of nitrogens with zero attached hydrogens (tertiary/aromatic N) is 3. The molecule has 0 fully saturated rings. The number of rotatable bonds is 2. The van der Waals surface area contributed by atoms with Crippen LogP contribution in [0.25, 0.3) is 21.4 Å². The SMILES string of the molecule is C#Cc1cnc2nc(Cc3ccc4ncsc4c3)[nH]c2c1. The lowest BCUT2D eigenvalue weighted by molar-refractivity contribution is 1.04. The molecule has 0 bridgehead atoms. The molecule has 0 aliphatic carbocycles. The number of fused-ring (bicyclic) bond motifs is 2. The van der Waals surface area contributed by atoms with Gasteiger partial charge in [0.05, 0.1) is 21.2 Å². The second-order valence-electron chi connectivity index (χ2n) is 4.75. The second-order valence-corrected chi connectivity index (χ2v) is 5.64. The highest BCUT2D eigenvalue weighted by Gasteiger charge is 2.06. The molecular formula is C16H10N4S. The minimum Gasteiger partial charge on any atom is -0.340 e. The lowest BCUT2D eigenvalue weighted by atomic mass is 10.1. The van der Waals surface area contributed by atoms with Crippen molar-refractivity contribution < 1.29 is 0 Å². The number of thiazole rings is 1. The minimum absolute atomic E-state index is 0.697. The van der Waals surface area contributed by atoms with Gasteiger partial charge in [0.2, 0.25) is 0 Å². The van der Waals surface area contributed by atoms with E-state index in [9.17, 15) is 0 Å². The molecule has 0 saturated heterocycles. The Balaban J connectivity index is 1.71. The van der Waals surface area contributed by atoms with Gasteiger partial charge in [-0.15, -0.1) is 17.8 Å². The van der Waals surface area contributed by atoms with Gasteiger partial charge in [0.1, 0.15) is 5.82 Å². The van der Waals surface area contributed by atoms with Crippen LogP contribution in [0.15, 0.2) is 36.0 Å².